The van der Waals surface area contributed by atoms with E-state index in [9.17, 15) is 8.42 Å². The minimum atomic E-state index is -3.11. The van der Waals surface area contributed by atoms with Crippen molar-refractivity contribution in [2.75, 3.05) is 11.6 Å². The van der Waals surface area contributed by atoms with Crippen LogP contribution in [0.1, 0.15) is 15.3 Å². The topological polar surface area (TPSA) is 46.2 Å². The molecule has 0 aliphatic rings. The normalized spacial score (nSPS) is 11.5. The molecule has 0 fully saturated rings. The predicted octanol–water partition coefficient (Wildman–Crippen LogP) is 3.38. The maximum absolute atomic E-state index is 11.3. The summed E-state index contributed by atoms with van der Waals surface area (Å²) >= 11 is 1.78. The number of rotatable bonds is 4. The van der Waals surface area contributed by atoms with Crippen molar-refractivity contribution < 1.29 is 8.42 Å². The molecule has 1 heterocycles. The minimum Gasteiger partial charge on any atom is -0.380 e. The maximum atomic E-state index is 11.3. The van der Waals surface area contributed by atoms with Crippen LogP contribution in [-0.4, -0.2) is 14.7 Å². The summed E-state index contributed by atoms with van der Waals surface area (Å²) in [5.41, 5.74) is 2.24. The van der Waals surface area contributed by atoms with Crippen molar-refractivity contribution in [3.63, 3.8) is 0 Å². The van der Waals surface area contributed by atoms with Gasteiger partial charge in [-0.05, 0) is 49.7 Å². The van der Waals surface area contributed by atoms with Gasteiger partial charge in [0, 0.05) is 28.2 Å². The molecule has 0 atom stereocenters. The van der Waals surface area contributed by atoms with Gasteiger partial charge in [-0.2, -0.15) is 0 Å². The summed E-state index contributed by atoms with van der Waals surface area (Å²) in [4.78, 5) is 2.97. The summed E-state index contributed by atoms with van der Waals surface area (Å²) in [5, 5.41) is 3.30. The Balaban J connectivity index is 2.04. The van der Waals surface area contributed by atoms with E-state index < -0.39 is 9.84 Å². The van der Waals surface area contributed by atoms with Crippen LogP contribution in [0.3, 0.4) is 0 Å². The second kappa shape index (κ2) is 5.35. The molecule has 0 spiro atoms. The molecule has 1 aromatic carbocycles. The summed E-state index contributed by atoms with van der Waals surface area (Å²) in [5.74, 6) is 0. The first-order valence-corrected chi connectivity index (χ1v) is 8.67. The molecule has 0 saturated carbocycles. The highest BCUT2D eigenvalue weighted by atomic mass is 32.2. The van der Waals surface area contributed by atoms with Gasteiger partial charge in [-0.15, -0.1) is 11.3 Å². The molecule has 0 radical (unpaired) electrons. The van der Waals surface area contributed by atoms with Gasteiger partial charge in [0.2, 0.25) is 0 Å². The number of aryl methyl sites for hydroxylation is 2. The molecule has 0 unspecified atom stereocenters. The molecule has 2 rings (SSSR count). The summed E-state index contributed by atoms with van der Waals surface area (Å²) in [6.07, 6.45) is 1.21. The number of benzene rings is 1. The molecule has 0 aliphatic carbocycles. The van der Waals surface area contributed by atoms with Crippen molar-refractivity contribution in [1.29, 1.82) is 0 Å². The number of hydrogen-bond acceptors (Lipinski definition) is 4. The van der Waals surface area contributed by atoms with Gasteiger partial charge >= 0.3 is 0 Å². The van der Waals surface area contributed by atoms with Crippen LogP contribution in [0.15, 0.2) is 35.2 Å². The summed E-state index contributed by atoms with van der Waals surface area (Å²) in [7, 11) is -3.11. The van der Waals surface area contributed by atoms with E-state index in [-0.39, 0.29) is 0 Å². The molecule has 0 aliphatic heterocycles. The number of anilines is 1. The maximum Gasteiger partial charge on any atom is 0.175 e. The molecule has 2 aromatic rings. The molecule has 1 N–H and O–H groups in total. The van der Waals surface area contributed by atoms with Crippen LogP contribution in [-0.2, 0) is 16.4 Å². The Morgan fingerprint density at radius 1 is 1.16 bits per heavy atom. The zero-order chi connectivity index (χ0) is 14.0. The highest BCUT2D eigenvalue weighted by Gasteiger charge is 2.06. The third kappa shape index (κ3) is 3.58. The molecule has 3 nitrogen and oxygen atoms in total. The Bertz CT molecular complexity index is 650. The Morgan fingerprint density at radius 3 is 2.26 bits per heavy atom. The molecular weight excluding hydrogens is 278 g/mol. The van der Waals surface area contributed by atoms with Gasteiger partial charge in [0.05, 0.1) is 4.90 Å². The van der Waals surface area contributed by atoms with Crippen LogP contribution in [0.5, 0.6) is 0 Å². The second-order valence-corrected chi connectivity index (χ2v) is 7.96. The van der Waals surface area contributed by atoms with Crippen LogP contribution < -0.4 is 5.32 Å². The number of nitrogens with one attached hydrogen (secondary N) is 1. The lowest BCUT2D eigenvalue weighted by molar-refractivity contribution is 0.602. The lowest BCUT2D eigenvalue weighted by Gasteiger charge is -2.05. The lowest BCUT2D eigenvalue weighted by atomic mass is 10.3. The lowest BCUT2D eigenvalue weighted by Crippen LogP contribution is -1.99. The summed E-state index contributed by atoms with van der Waals surface area (Å²) < 4.78 is 22.7. The van der Waals surface area contributed by atoms with E-state index in [4.69, 9.17) is 0 Å². The molecule has 19 heavy (non-hydrogen) atoms. The minimum absolute atomic E-state index is 0.348. The fourth-order valence-corrected chi connectivity index (χ4v) is 3.37. The largest absolute Gasteiger partial charge is 0.380 e. The van der Waals surface area contributed by atoms with Gasteiger partial charge in [-0.25, -0.2) is 8.42 Å². The van der Waals surface area contributed by atoms with Crippen molar-refractivity contribution >= 4 is 26.9 Å². The number of hydrogen-bond donors (Lipinski definition) is 1. The van der Waals surface area contributed by atoms with Gasteiger partial charge in [0.25, 0.3) is 0 Å². The van der Waals surface area contributed by atoms with E-state index >= 15 is 0 Å². The monoisotopic (exact) mass is 295 g/mol. The fourth-order valence-electron chi connectivity index (χ4n) is 1.75. The van der Waals surface area contributed by atoms with Crippen LogP contribution in [0.4, 0.5) is 5.69 Å². The SMILES string of the molecule is Cc1cc(CNc2ccc(S(C)(=O)=O)cc2)sc1C. The van der Waals surface area contributed by atoms with Crippen LogP contribution >= 0.6 is 11.3 Å². The van der Waals surface area contributed by atoms with Crippen molar-refractivity contribution in [2.45, 2.75) is 25.3 Å². The molecule has 0 amide bonds. The summed E-state index contributed by atoms with van der Waals surface area (Å²) in [6, 6.07) is 9.02. The quantitative estimate of drug-likeness (QED) is 0.940. The van der Waals surface area contributed by atoms with E-state index in [0.717, 1.165) is 12.2 Å². The zero-order valence-electron chi connectivity index (χ0n) is 11.2. The number of sulfone groups is 1. The molecule has 102 valence electrons. The van der Waals surface area contributed by atoms with Gasteiger partial charge in [0.15, 0.2) is 9.84 Å². The highest BCUT2D eigenvalue weighted by molar-refractivity contribution is 7.90. The van der Waals surface area contributed by atoms with Crippen molar-refractivity contribution in [3.8, 4) is 0 Å². The third-order valence-corrected chi connectivity index (χ3v) is 5.25. The van der Waals surface area contributed by atoms with E-state index in [2.05, 4.69) is 25.2 Å². The summed E-state index contributed by atoms with van der Waals surface area (Å²) in [6.45, 7) is 4.98. The molecule has 1 aromatic heterocycles. The molecule has 0 saturated heterocycles. The van der Waals surface area contributed by atoms with E-state index in [1.165, 1.54) is 21.6 Å². The Labute approximate surface area is 118 Å². The first-order valence-electron chi connectivity index (χ1n) is 5.96. The van der Waals surface area contributed by atoms with Crippen molar-refractivity contribution in [2.24, 2.45) is 0 Å². The first-order chi connectivity index (χ1) is 8.86. The molecular formula is C14H17NO2S2. The van der Waals surface area contributed by atoms with Gasteiger partial charge in [-0.1, -0.05) is 0 Å². The Kier molecular flexibility index (Phi) is 3.96. The number of thiophene rings is 1. The second-order valence-electron chi connectivity index (χ2n) is 4.60. The van der Waals surface area contributed by atoms with Crippen LogP contribution in [0.2, 0.25) is 0 Å². The average Bonchev–Trinajstić information content (AvgIpc) is 2.66. The van der Waals surface area contributed by atoms with E-state index in [1.807, 2.05) is 0 Å². The predicted molar refractivity (Wildman–Crippen MR) is 80.7 cm³/mol. The van der Waals surface area contributed by atoms with E-state index in [0.29, 0.717) is 4.90 Å². The molecule has 5 heteroatoms. The third-order valence-electron chi connectivity index (χ3n) is 2.97. The Hall–Kier alpha value is -1.33. The van der Waals surface area contributed by atoms with E-state index in [1.54, 1.807) is 35.6 Å². The first kappa shape index (κ1) is 14.1. The molecule has 0 bridgehead atoms. The zero-order valence-corrected chi connectivity index (χ0v) is 12.9. The smallest absolute Gasteiger partial charge is 0.175 e. The van der Waals surface area contributed by atoms with Crippen molar-refractivity contribution in [1.82, 2.24) is 0 Å². The standard InChI is InChI=1S/C14H17NO2S2/c1-10-8-13(18-11(10)2)9-15-12-4-6-14(7-5-12)19(3,16)17/h4-8,15H,9H2,1-3H3. The van der Waals surface area contributed by atoms with Gasteiger partial charge in [-0.3, -0.25) is 0 Å². The van der Waals surface area contributed by atoms with Crippen molar-refractivity contribution in [3.05, 3.63) is 45.6 Å². The van der Waals surface area contributed by atoms with Gasteiger partial charge < -0.3 is 5.32 Å². The van der Waals surface area contributed by atoms with Crippen LogP contribution in [0, 0.1) is 13.8 Å². The van der Waals surface area contributed by atoms with Gasteiger partial charge in [0.1, 0.15) is 0 Å². The Morgan fingerprint density at radius 2 is 1.79 bits per heavy atom. The average molecular weight is 295 g/mol. The van der Waals surface area contributed by atoms with Crippen LogP contribution in [0.25, 0.3) is 0 Å². The highest BCUT2D eigenvalue weighted by Crippen LogP contribution is 2.22. The fraction of sp³-hybridized carbons (Fsp3) is 0.286.